The molecule has 2 rings (SSSR count). The SMILES string of the molecule is CCCC1CCCCN1Cc1sccc1/C=C/C(=O)O. The van der Waals surface area contributed by atoms with E-state index in [0.29, 0.717) is 6.04 Å². The molecule has 20 heavy (non-hydrogen) atoms. The largest absolute Gasteiger partial charge is 0.478 e. The van der Waals surface area contributed by atoms with Gasteiger partial charge in [-0.15, -0.1) is 11.3 Å². The number of thiophene rings is 1. The summed E-state index contributed by atoms with van der Waals surface area (Å²) >= 11 is 1.73. The maximum Gasteiger partial charge on any atom is 0.328 e. The monoisotopic (exact) mass is 293 g/mol. The van der Waals surface area contributed by atoms with Gasteiger partial charge in [-0.05, 0) is 48.9 Å². The van der Waals surface area contributed by atoms with Crippen LogP contribution in [0, 0.1) is 0 Å². The zero-order valence-corrected chi connectivity index (χ0v) is 12.9. The van der Waals surface area contributed by atoms with Crippen molar-refractivity contribution in [2.24, 2.45) is 0 Å². The summed E-state index contributed by atoms with van der Waals surface area (Å²) in [6.07, 6.45) is 9.38. The van der Waals surface area contributed by atoms with Crippen molar-refractivity contribution in [3.8, 4) is 0 Å². The first-order chi connectivity index (χ1) is 9.70. The van der Waals surface area contributed by atoms with Gasteiger partial charge < -0.3 is 5.11 Å². The van der Waals surface area contributed by atoms with Gasteiger partial charge in [0.25, 0.3) is 0 Å². The Kier molecular flexibility index (Phi) is 5.80. The van der Waals surface area contributed by atoms with E-state index in [0.717, 1.165) is 12.1 Å². The number of hydrogen-bond acceptors (Lipinski definition) is 3. The molecule has 1 unspecified atom stereocenters. The molecule has 1 atom stereocenters. The van der Waals surface area contributed by atoms with Crippen molar-refractivity contribution in [3.63, 3.8) is 0 Å². The molecule has 0 bridgehead atoms. The van der Waals surface area contributed by atoms with Crippen LogP contribution in [-0.2, 0) is 11.3 Å². The van der Waals surface area contributed by atoms with Gasteiger partial charge in [-0.2, -0.15) is 0 Å². The summed E-state index contributed by atoms with van der Waals surface area (Å²) < 4.78 is 0. The summed E-state index contributed by atoms with van der Waals surface area (Å²) in [6, 6.07) is 2.71. The maximum absolute atomic E-state index is 10.6. The van der Waals surface area contributed by atoms with Crippen molar-refractivity contribution >= 4 is 23.4 Å². The molecule has 0 amide bonds. The summed E-state index contributed by atoms with van der Waals surface area (Å²) in [4.78, 5) is 14.5. The zero-order chi connectivity index (χ0) is 14.4. The molecule has 1 aliphatic rings. The average molecular weight is 293 g/mol. The van der Waals surface area contributed by atoms with Crippen molar-refractivity contribution in [1.29, 1.82) is 0 Å². The van der Waals surface area contributed by atoms with E-state index < -0.39 is 5.97 Å². The second kappa shape index (κ2) is 7.60. The Labute approximate surface area is 124 Å². The highest BCUT2D eigenvalue weighted by molar-refractivity contribution is 7.10. The maximum atomic E-state index is 10.6. The molecule has 110 valence electrons. The molecule has 2 heterocycles. The Morgan fingerprint density at radius 3 is 3.15 bits per heavy atom. The van der Waals surface area contributed by atoms with Crippen LogP contribution in [0.2, 0.25) is 0 Å². The lowest BCUT2D eigenvalue weighted by molar-refractivity contribution is -0.131. The molecule has 1 N–H and O–H groups in total. The highest BCUT2D eigenvalue weighted by Crippen LogP contribution is 2.26. The van der Waals surface area contributed by atoms with Crippen molar-refractivity contribution < 1.29 is 9.90 Å². The third-order valence-electron chi connectivity index (χ3n) is 3.90. The summed E-state index contributed by atoms with van der Waals surface area (Å²) in [5, 5.41) is 10.8. The second-order valence-corrected chi connectivity index (χ2v) is 6.38. The number of likely N-dealkylation sites (tertiary alicyclic amines) is 1. The lowest BCUT2D eigenvalue weighted by Crippen LogP contribution is -2.38. The average Bonchev–Trinajstić information content (AvgIpc) is 2.86. The van der Waals surface area contributed by atoms with Gasteiger partial charge in [0.1, 0.15) is 0 Å². The number of nitrogens with zero attached hydrogens (tertiary/aromatic N) is 1. The molecule has 3 nitrogen and oxygen atoms in total. The fourth-order valence-electron chi connectivity index (χ4n) is 2.90. The molecule has 1 fully saturated rings. The number of carboxylic acid groups (broad SMARTS) is 1. The highest BCUT2D eigenvalue weighted by atomic mass is 32.1. The van der Waals surface area contributed by atoms with Crippen molar-refractivity contribution in [1.82, 2.24) is 4.90 Å². The lowest BCUT2D eigenvalue weighted by atomic mass is 9.98. The van der Waals surface area contributed by atoms with Crippen molar-refractivity contribution in [2.45, 2.75) is 51.6 Å². The van der Waals surface area contributed by atoms with Crippen LogP contribution in [0.4, 0.5) is 0 Å². The normalized spacial score (nSPS) is 20.6. The zero-order valence-electron chi connectivity index (χ0n) is 12.0. The van der Waals surface area contributed by atoms with Gasteiger partial charge in [-0.3, -0.25) is 4.90 Å². The van der Waals surface area contributed by atoms with Crippen molar-refractivity contribution in [2.75, 3.05) is 6.54 Å². The van der Waals surface area contributed by atoms with Gasteiger partial charge >= 0.3 is 5.97 Å². The molecule has 0 spiro atoms. The number of carboxylic acids is 1. The number of hydrogen-bond donors (Lipinski definition) is 1. The van der Waals surface area contributed by atoms with Crippen LogP contribution >= 0.6 is 11.3 Å². The Balaban J connectivity index is 2.04. The third kappa shape index (κ3) is 4.18. The van der Waals surface area contributed by atoms with Crippen LogP contribution < -0.4 is 0 Å². The van der Waals surface area contributed by atoms with Gasteiger partial charge in [0, 0.05) is 23.5 Å². The molecule has 1 aliphatic heterocycles. The molecular weight excluding hydrogens is 270 g/mol. The second-order valence-electron chi connectivity index (χ2n) is 5.38. The minimum Gasteiger partial charge on any atom is -0.478 e. The quantitative estimate of drug-likeness (QED) is 0.806. The van der Waals surface area contributed by atoms with Gasteiger partial charge in [0.15, 0.2) is 0 Å². The first-order valence-electron chi connectivity index (χ1n) is 7.42. The Hall–Kier alpha value is -1.13. The summed E-state index contributed by atoms with van der Waals surface area (Å²) in [7, 11) is 0. The smallest absolute Gasteiger partial charge is 0.328 e. The van der Waals surface area contributed by atoms with Crippen LogP contribution in [0.5, 0.6) is 0 Å². The molecule has 0 aliphatic carbocycles. The van der Waals surface area contributed by atoms with E-state index >= 15 is 0 Å². The fraction of sp³-hybridized carbons (Fsp3) is 0.562. The Morgan fingerprint density at radius 1 is 1.55 bits per heavy atom. The summed E-state index contributed by atoms with van der Waals surface area (Å²) in [6.45, 7) is 4.38. The number of carbonyl (C=O) groups is 1. The molecule has 1 saturated heterocycles. The Morgan fingerprint density at radius 2 is 2.40 bits per heavy atom. The van der Waals surface area contributed by atoms with E-state index in [1.165, 1.54) is 49.6 Å². The van der Waals surface area contributed by atoms with E-state index in [4.69, 9.17) is 5.11 Å². The Bertz CT molecular complexity index is 465. The van der Waals surface area contributed by atoms with Gasteiger partial charge in [-0.25, -0.2) is 4.79 Å². The fourth-order valence-corrected chi connectivity index (χ4v) is 3.79. The first kappa shape index (κ1) is 15.3. The predicted molar refractivity (Wildman–Crippen MR) is 83.9 cm³/mol. The molecule has 0 saturated carbocycles. The van der Waals surface area contributed by atoms with Crippen LogP contribution in [-0.4, -0.2) is 28.6 Å². The van der Waals surface area contributed by atoms with E-state index in [2.05, 4.69) is 17.2 Å². The summed E-state index contributed by atoms with van der Waals surface area (Å²) in [5.41, 5.74) is 1.05. The standard InChI is InChI=1S/C16H23NO2S/c1-2-5-14-6-3-4-10-17(14)12-15-13(9-11-20-15)7-8-16(18)19/h7-9,11,14H,2-6,10,12H2,1H3,(H,18,19)/b8-7+. The number of rotatable bonds is 6. The minimum absolute atomic E-state index is 0.701. The van der Waals surface area contributed by atoms with E-state index in [1.54, 1.807) is 17.4 Å². The minimum atomic E-state index is -0.885. The summed E-state index contributed by atoms with van der Waals surface area (Å²) in [5.74, 6) is -0.885. The lowest BCUT2D eigenvalue weighted by Gasteiger charge is -2.35. The molecule has 1 aromatic rings. The number of piperidine rings is 1. The topological polar surface area (TPSA) is 40.5 Å². The third-order valence-corrected chi connectivity index (χ3v) is 4.82. The van der Waals surface area contributed by atoms with Crippen LogP contribution in [0.3, 0.4) is 0 Å². The van der Waals surface area contributed by atoms with Gasteiger partial charge in [0.05, 0.1) is 0 Å². The predicted octanol–water partition coefficient (Wildman–Crippen LogP) is 4.00. The molecule has 1 aromatic heterocycles. The van der Waals surface area contributed by atoms with Crippen LogP contribution in [0.1, 0.15) is 49.5 Å². The molecule has 4 heteroatoms. The number of aliphatic carboxylic acids is 1. The first-order valence-corrected chi connectivity index (χ1v) is 8.30. The molecule has 0 aromatic carbocycles. The van der Waals surface area contributed by atoms with Crippen LogP contribution in [0.25, 0.3) is 6.08 Å². The van der Waals surface area contributed by atoms with Gasteiger partial charge in [-0.1, -0.05) is 19.8 Å². The highest BCUT2D eigenvalue weighted by Gasteiger charge is 2.22. The molecule has 0 radical (unpaired) electrons. The molecular formula is C16H23NO2S. The van der Waals surface area contributed by atoms with Gasteiger partial charge in [0.2, 0.25) is 0 Å². The van der Waals surface area contributed by atoms with Crippen LogP contribution in [0.15, 0.2) is 17.5 Å². The van der Waals surface area contributed by atoms with E-state index in [9.17, 15) is 4.79 Å². The van der Waals surface area contributed by atoms with E-state index in [-0.39, 0.29) is 0 Å². The van der Waals surface area contributed by atoms with Crippen molar-refractivity contribution in [3.05, 3.63) is 28.0 Å². The van der Waals surface area contributed by atoms with E-state index in [1.807, 2.05) is 6.07 Å².